The summed E-state index contributed by atoms with van der Waals surface area (Å²) < 4.78 is 22.5. The van der Waals surface area contributed by atoms with Gasteiger partial charge in [-0.1, -0.05) is 34.1 Å². The van der Waals surface area contributed by atoms with E-state index in [-0.39, 0.29) is 30.0 Å². The van der Waals surface area contributed by atoms with Crippen LogP contribution in [0.5, 0.6) is 0 Å². The molecule has 1 amide bonds. The van der Waals surface area contributed by atoms with Crippen LogP contribution in [-0.4, -0.2) is 26.6 Å². The van der Waals surface area contributed by atoms with E-state index in [0.717, 1.165) is 16.5 Å². The van der Waals surface area contributed by atoms with Crippen LogP contribution in [0.4, 0.5) is 0 Å². The SMILES string of the molecule is NS(=O)(=O)CCNC(=O)[C@H]1C[C@@H]1c1ccccc1Br. The van der Waals surface area contributed by atoms with Gasteiger partial charge in [0.15, 0.2) is 0 Å². The first-order valence-electron chi connectivity index (χ1n) is 5.91. The maximum Gasteiger partial charge on any atom is 0.223 e. The number of halogens is 1. The molecule has 0 bridgehead atoms. The molecule has 1 aromatic carbocycles. The summed E-state index contributed by atoms with van der Waals surface area (Å²) in [6.45, 7) is 0.0663. The van der Waals surface area contributed by atoms with Crippen LogP contribution < -0.4 is 10.5 Å². The van der Waals surface area contributed by atoms with Crippen molar-refractivity contribution in [2.24, 2.45) is 11.1 Å². The Morgan fingerprint density at radius 2 is 2.11 bits per heavy atom. The summed E-state index contributed by atoms with van der Waals surface area (Å²) in [6.07, 6.45) is 0.795. The Morgan fingerprint density at radius 1 is 1.42 bits per heavy atom. The van der Waals surface area contributed by atoms with Gasteiger partial charge in [-0.2, -0.15) is 0 Å². The Kier molecular flexibility index (Phi) is 4.27. The molecule has 0 radical (unpaired) electrons. The first-order chi connectivity index (χ1) is 8.88. The van der Waals surface area contributed by atoms with Crippen molar-refractivity contribution in [2.45, 2.75) is 12.3 Å². The van der Waals surface area contributed by atoms with Gasteiger partial charge in [0.2, 0.25) is 15.9 Å². The van der Waals surface area contributed by atoms with Crippen molar-refractivity contribution in [1.29, 1.82) is 0 Å². The molecule has 1 fully saturated rings. The van der Waals surface area contributed by atoms with E-state index in [1.165, 1.54) is 0 Å². The summed E-state index contributed by atoms with van der Waals surface area (Å²) in [5.74, 6) is -0.195. The molecule has 7 heteroatoms. The molecular formula is C12H15BrN2O3S. The van der Waals surface area contributed by atoms with Crippen LogP contribution in [-0.2, 0) is 14.8 Å². The minimum atomic E-state index is -3.52. The first-order valence-corrected chi connectivity index (χ1v) is 8.42. The number of rotatable bonds is 5. The van der Waals surface area contributed by atoms with Crippen LogP contribution in [0, 0.1) is 5.92 Å². The van der Waals surface area contributed by atoms with Gasteiger partial charge < -0.3 is 5.32 Å². The quantitative estimate of drug-likeness (QED) is 0.831. The molecule has 104 valence electrons. The number of amides is 1. The summed E-state index contributed by atoms with van der Waals surface area (Å²) in [6, 6.07) is 7.81. The number of hydrogen-bond acceptors (Lipinski definition) is 3. The number of nitrogens with two attached hydrogens (primary N) is 1. The molecule has 2 atom stereocenters. The zero-order chi connectivity index (χ0) is 14.0. The van der Waals surface area contributed by atoms with Crippen molar-refractivity contribution in [3.05, 3.63) is 34.3 Å². The third kappa shape index (κ3) is 4.02. The third-order valence-corrected chi connectivity index (χ3v) is 4.61. The van der Waals surface area contributed by atoms with E-state index in [9.17, 15) is 13.2 Å². The van der Waals surface area contributed by atoms with Crippen LogP contribution in [0.3, 0.4) is 0 Å². The minimum Gasteiger partial charge on any atom is -0.355 e. The number of carbonyl (C=O) groups is 1. The van der Waals surface area contributed by atoms with Crippen molar-refractivity contribution in [1.82, 2.24) is 5.32 Å². The Balaban J connectivity index is 1.86. The fraction of sp³-hybridized carbons (Fsp3) is 0.417. The predicted octanol–water partition coefficient (Wildman–Crippen LogP) is 0.957. The molecular weight excluding hydrogens is 332 g/mol. The maximum atomic E-state index is 11.8. The van der Waals surface area contributed by atoms with Crippen LogP contribution in [0.15, 0.2) is 28.7 Å². The number of carbonyl (C=O) groups excluding carboxylic acids is 1. The number of nitrogens with one attached hydrogen (secondary N) is 1. The molecule has 3 N–H and O–H groups in total. The van der Waals surface area contributed by atoms with Crippen LogP contribution >= 0.6 is 15.9 Å². The summed E-state index contributed by atoms with van der Waals surface area (Å²) in [5, 5.41) is 7.47. The lowest BCUT2D eigenvalue weighted by molar-refractivity contribution is -0.122. The summed E-state index contributed by atoms with van der Waals surface area (Å²) in [5.41, 5.74) is 1.12. The van der Waals surface area contributed by atoms with Gasteiger partial charge in [-0.3, -0.25) is 4.79 Å². The Hall–Kier alpha value is -0.920. The summed E-state index contributed by atoms with van der Waals surface area (Å²) in [4.78, 5) is 11.8. The first kappa shape index (κ1) is 14.5. The van der Waals surface area contributed by atoms with Gasteiger partial charge in [0, 0.05) is 16.9 Å². The van der Waals surface area contributed by atoms with Gasteiger partial charge in [0.05, 0.1) is 5.75 Å². The van der Waals surface area contributed by atoms with Crippen molar-refractivity contribution < 1.29 is 13.2 Å². The zero-order valence-electron chi connectivity index (χ0n) is 10.2. The smallest absolute Gasteiger partial charge is 0.223 e. The van der Waals surface area contributed by atoms with E-state index in [1.54, 1.807) is 0 Å². The molecule has 1 aromatic rings. The molecule has 0 saturated heterocycles. The van der Waals surface area contributed by atoms with Crippen molar-refractivity contribution in [3.8, 4) is 0 Å². The van der Waals surface area contributed by atoms with Crippen LogP contribution in [0.2, 0.25) is 0 Å². The van der Waals surface area contributed by atoms with Crippen molar-refractivity contribution in [2.75, 3.05) is 12.3 Å². The van der Waals surface area contributed by atoms with Gasteiger partial charge in [0.25, 0.3) is 0 Å². The number of primary sulfonamides is 1. The van der Waals surface area contributed by atoms with Gasteiger partial charge in [-0.15, -0.1) is 0 Å². The normalized spacial score (nSPS) is 22.0. The largest absolute Gasteiger partial charge is 0.355 e. The van der Waals surface area contributed by atoms with Gasteiger partial charge in [-0.05, 0) is 24.0 Å². The van der Waals surface area contributed by atoms with Crippen LogP contribution in [0.1, 0.15) is 17.9 Å². The number of sulfonamides is 1. The molecule has 0 aliphatic heterocycles. The lowest BCUT2D eigenvalue weighted by Crippen LogP contribution is -2.32. The highest BCUT2D eigenvalue weighted by molar-refractivity contribution is 9.10. The van der Waals surface area contributed by atoms with Crippen LogP contribution in [0.25, 0.3) is 0 Å². The van der Waals surface area contributed by atoms with Crippen molar-refractivity contribution >= 4 is 31.9 Å². The summed E-state index contributed by atoms with van der Waals surface area (Å²) >= 11 is 3.46. The third-order valence-electron chi connectivity index (χ3n) is 3.12. The molecule has 0 spiro atoms. The molecule has 2 rings (SSSR count). The molecule has 1 aliphatic carbocycles. The monoisotopic (exact) mass is 346 g/mol. The molecule has 1 saturated carbocycles. The van der Waals surface area contributed by atoms with E-state index in [0.29, 0.717) is 0 Å². The Labute approximate surface area is 120 Å². The van der Waals surface area contributed by atoms with E-state index >= 15 is 0 Å². The highest BCUT2D eigenvalue weighted by Gasteiger charge is 2.44. The second kappa shape index (κ2) is 5.60. The molecule has 5 nitrogen and oxygen atoms in total. The fourth-order valence-electron chi connectivity index (χ4n) is 2.05. The molecule has 0 aromatic heterocycles. The lowest BCUT2D eigenvalue weighted by atomic mass is 10.1. The number of hydrogen-bond donors (Lipinski definition) is 2. The van der Waals surface area contributed by atoms with E-state index in [1.807, 2.05) is 24.3 Å². The minimum absolute atomic E-state index is 0.0663. The maximum absolute atomic E-state index is 11.8. The highest BCUT2D eigenvalue weighted by Crippen LogP contribution is 2.49. The average Bonchev–Trinajstić information content (AvgIpc) is 3.07. The van der Waals surface area contributed by atoms with E-state index < -0.39 is 10.0 Å². The fourth-order valence-corrected chi connectivity index (χ4v) is 3.02. The van der Waals surface area contributed by atoms with Crippen molar-refractivity contribution in [3.63, 3.8) is 0 Å². The standard InChI is InChI=1S/C12H15BrN2O3S/c13-11-4-2-1-3-8(11)9-7-10(9)12(16)15-5-6-19(14,17)18/h1-4,9-10H,5-7H2,(H,15,16)(H2,14,17,18)/t9-,10+/m1/s1. The Morgan fingerprint density at radius 3 is 2.74 bits per heavy atom. The van der Waals surface area contributed by atoms with E-state index in [2.05, 4.69) is 21.2 Å². The molecule has 0 unspecified atom stereocenters. The van der Waals surface area contributed by atoms with E-state index in [4.69, 9.17) is 5.14 Å². The Bertz CT molecular complexity index is 588. The van der Waals surface area contributed by atoms with Gasteiger partial charge >= 0.3 is 0 Å². The second-order valence-corrected chi connectivity index (χ2v) is 7.22. The topological polar surface area (TPSA) is 89.3 Å². The average molecular weight is 347 g/mol. The number of benzene rings is 1. The van der Waals surface area contributed by atoms with Gasteiger partial charge in [0.1, 0.15) is 0 Å². The highest BCUT2D eigenvalue weighted by atomic mass is 79.9. The molecule has 1 aliphatic rings. The molecule has 0 heterocycles. The van der Waals surface area contributed by atoms with Gasteiger partial charge in [-0.25, -0.2) is 13.6 Å². The lowest BCUT2D eigenvalue weighted by Gasteiger charge is -2.05. The predicted molar refractivity (Wildman–Crippen MR) is 76.0 cm³/mol. The molecule has 19 heavy (non-hydrogen) atoms. The zero-order valence-corrected chi connectivity index (χ0v) is 12.6. The summed E-state index contributed by atoms with van der Waals surface area (Å²) in [7, 11) is -3.52. The second-order valence-electron chi connectivity index (χ2n) is 4.63.